The van der Waals surface area contributed by atoms with Crippen LogP contribution < -0.4 is 4.74 Å². The molecule has 0 unspecified atom stereocenters. The molecule has 1 aromatic heterocycles. The summed E-state index contributed by atoms with van der Waals surface area (Å²) in [4.78, 5) is 13.9. The van der Waals surface area contributed by atoms with Crippen LogP contribution in [0.1, 0.15) is 10.4 Å². The number of alkyl halides is 3. The van der Waals surface area contributed by atoms with Crippen LogP contribution in [-0.4, -0.2) is 22.7 Å². The molecule has 0 amide bonds. The van der Waals surface area contributed by atoms with Crippen LogP contribution in [0.3, 0.4) is 0 Å². The number of ether oxygens (including phenoxy) is 1. The second-order valence-electron chi connectivity index (χ2n) is 2.34. The maximum absolute atomic E-state index is 11.9. The van der Waals surface area contributed by atoms with Crippen LogP contribution in [0.15, 0.2) is 6.20 Å². The van der Waals surface area contributed by atoms with Gasteiger partial charge in [0, 0.05) is 0 Å². The van der Waals surface area contributed by atoms with Gasteiger partial charge in [0.05, 0.1) is 6.20 Å². The number of carbonyl (C=O) groups is 1. The van der Waals surface area contributed by atoms with Crippen molar-refractivity contribution >= 4 is 28.9 Å². The summed E-state index contributed by atoms with van der Waals surface area (Å²) in [7, 11) is 0. The van der Waals surface area contributed by atoms with Gasteiger partial charge in [-0.3, -0.25) is 4.79 Å². The largest absolute Gasteiger partial charge is 0.573 e. The highest BCUT2D eigenvalue weighted by Crippen LogP contribution is 2.33. The Hall–Kier alpha value is -1.06. The van der Waals surface area contributed by atoms with E-state index in [0.29, 0.717) is 0 Å². The van der Waals surface area contributed by atoms with E-state index in [9.17, 15) is 18.0 Å². The number of hydrogen-bond acceptors (Lipinski definition) is 4. The number of carbonyl (C=O) groups excluding carboxylic acids is 1. The van der Waals surface area contributed by atoms with Gasteiger partial charge in [-0.15, -0.1) is 13.2 Å². The molecule has 0 fully saturated rings. The highest BCUT2D eigenvalue weighted by molar-refractivity contribution is 14.1. The smallest absolute Gasteiger partial charge is 0.505 e. The molecule has 15 heavy (non-hydrogen) atoms. The highest BCUT2D eigenvalue weighted by atomic mass is 127. The first-order valence-electron chi connectivity index (χ1n) is 3.43. The van der Waals surface area contributed by atoms with Gasteiger partial charge in [-0.25, -0.2) is 4.98 Å². The summed E-state index contributed by atoms with van der Waals surface area (Å²) in [6.07, 6.45) is -4.00. The van der Waals surface area contributed by atoms with Gasteiger partial charge in [-0.2, -0.15) is 0 Å². The van der Waals surface area contributed by atoms with E-state index >= 15 is 0 Å². The number of aromatic hydroxyl groups is 1. The first kappa shape index (κ1) is 12.0. The lowest BCUT2D eigenvalue weighted by Crippen LogP contribution is -2.19. The maximum Gasteiger partial charge on any atom is 0.573 e. The topological polar surface area (TPSA) is 59.4 Å². The predicted molar refractivity (Wildman–Crippen MR) is 50.7 cm³/mol. The van der Waals surface area contributed by atoms with E-state index in [1.165, 1.54) is 22.6 Å². The number of rotatable bonds is 2. The summed E-state index contributed by atoms with van der Waals surface area (Å²) in [5.74, 6) is -1.46. The van der Waals surface area contributed by atoms with Crippen molar-refractivity contribution in [1.82, 2.24) is 4.98 Å². The first-order valence-corrected chi connectivity index (χ1v) is 4.51. The molecule has 8 heteroatoms. The van der Waals surface area contributed by atoms with Crippen LogP contribution in [0.2, 0.25) is 0 Å². The van der Waals surface area contributed by atoms with Crippen LogP contribution in [0, 0.1) is 3.70 Å². The number of aromatic nitrogens is 1. The molecule has 1 rings (SSSR count). The third-order valence-corrected chi connectivity index (χ3v) is 2.11. The number of nitrogens with zero attached hydrogens (tertiary/aromatic N) is 1. The summed E-state index contributed by atoms with van der Waals surface area (Å²) < 4.78 is 39.2. The predicted octanol–water partition coefficient (Wildman–Crippen LogP) is 2.10. The van der Waals surface area contributed by atoms with Gasteiger partial charge in [-0.1, -0.05) is 0 Å². The normalized spacial score (nSPS) is 11.2. The van der Waals surface area contributed by atoms with Gasteiger partial charge in [-0.05, 0) is 22.6 Å². The fourth-order valence-corrected chi connectivity index (χ4v) is 1.34. The molecule has 4 nitrogen and oxygen atoms in total. The van der Waals surface area contributed by atoms with Crippen molar-refractivity contribution < 1.29 is 27.8 Å². The summed E-state index contributed by atoms with van der Waals surface area (Å²) in [5.41, 5.74) is -0.577. The molecule has 1 heterocycles. The molecule has 0 bridgehead atoms. The summed E-state index contributed by atoms with van der Waals surface area (Å²) in [6, 6.07) is 0. The number of pyridine rings is 1. The van der Waals surface area contributed by atoms with E-state index in [4.69, 9.17) is 5.11 Å². The third kappa shape index (κ3) is 2.94. The Bertz CT molecular complexity index is 394. The van der Waals surface area contributed by atoms with Crippen LogP contribution in [0.25, 0.3) is 0 Å². The second kappa shape index (κ2) is 4.21. The molecule has 0 aliphatic heterocycles. The fourth-order valence-electron chi connectivity index (χ4n) is 0.800. The van der Waals surface area contributed by atoms with Crippen molar-refractivity contribution in [2.75, 3.05) is 0 Å². The van der Waals surface area contributed by atoms with Crippen molar-refractivity contribution in [3.63, 3.8) is 0 Å². The lowest BCUT2D eigenvalue weighted by atomic mass is 10.2. The van der Waals surface area contributed by atoms with E-state index in [-0.39, 0.29) is 9.99 Å². The van der Waals surface area contributed by atoms with Gasteiger partial charge in [0.15, 0.2) is 12.0 Å². The molecular formula is C7H3F3INO3. The Kier molecular flexibility index (Phi) is 3.37. The Morgan fingerprint density at radius 3 is 2.60 bits per heavy atom. The van der Waals surface area contributed by atoms with Crippen LogP contribution in [0.5, 0.6) is 11.5 Å². The summed E-state index contributed by atoms with van der Waals surface area (Å²) in [5, 5.41) is 9.07. The molecule has 0 atom stereocenters. The van der Waals surface area contributed by atoms with E-state index < -0.39 is 23.4 Å². The van der Waals surface area contributed by atoms with Gasteiger partial charge in [0.1, 0.15) is 15.0 Å². The van der Waals surface area contributed by atoms with E-state index in [1.54, 1.807) is 0 Å². The standard InChI is InChI=1S/C7H3F3INO3/c8-7(9,10)15-5-3(2-13)4(14)1-12-6(5)11/h1-2,14H. The SMILES string of the molecule is O=Cc1c(O)cnc(I)c1OC(F)(F)F. The number of hydrogen-bond donors (Lipinski definition) is 1. The Morgan fingerprint density at radius 1 is 1.53 bits per heavy atom. The molecular weight excluding hydrogens is 330 g/mol. The van der Waals surface area contributed by atoms with Gasteiger partial charge < -0.3 is 9.84 Å². The summed E-state index contributed by atoms with van der Waals surface area (Å²) >= 11 is 1.46. The van der Waals surface area contributed by atoms with Crippen LogP contribution >= 0.6 is 22.6 Å². The zero-order valence-electron chi connectivity index (χ0n) is 6.88. The average Bonchev–Trinajstić information content (AvgIpc) is 2.10. The third-order valence-electron chi connectivity index (χ3n) is 1.34. The minimum absolute atomic E-state index is 0.0697. The molecule has 0 saturated carbocycles. The Morgan fingerprint density at radius 2 is 2.13 bits per heavy atom. The maximum atomic E-state index is 11.9. The van der Waals surface area contributed by atoms with Gasteiger partial charge in [0.25, 0.3) is 0 Å². The molecule has 0 saturated heterocycles. The monoisotopic (exact) mass is 333 g/mol. The molecule has 1 N–H and O–H groups in total. The quantitative estimate of drug-likeness (QED) is 0.512. The molecule has 0 spiro atoms. The van der Waals surface area contributed by atoms with Crippen molar-refractivity contribution in [3.8, 4) is 11.5 Å². The van der Waals surface area contributed by atoms with Crippen LogP contribution in [0.4, 0.5) is 13.2 Å². The minimum Gasteiger partial charge on any atom is -0.505 e. The van der Waals surface area contributed by atoms with Crippen molar-refractivity contribution in [3.05, 3.63) is 15.5 Å². The van der Waals surface area contributed by atoms with Gasteiger partial charge >= 0.3 is 6.36 Å². The van der Waals surface area contributed by atoms with Gasteiger partial charge in [0.2, 0.25) is 0 Å². The Labute approximate surface area is 95.2 Å². The fraction of sp³-hybridized carbons (Fsp3) is 0.143. The van der Waals surface area contributed by atoms with Crippen LogP contribution in [-0.2, 0) is 0 Å². The number of aldehydes is 1. The molecule has 0 radical (unpaired) electrons. The van der Waals surface area contributed by atoms with Crippen molar-refractivity contribution in [2.45, 2.75) is 6.36 Å². The number of halogens is 4. The molecule has 0 aliphatic carbocycles. The van der Waals surface area contributed by atoms with Crippen molar-refractivity contribution in [2.24, 2.45) is 0 Å². The zero-order chi connectivity index (χ0) is 11.6. The van der Waals surface area contributed by atoms with E-state index in [1.807, 2.05) is 0 Å². The van der Waals surface area contributed by atoms with E-state index in [2.05, 4.69) is 9.72 Å². The lowest BCUT2D eigenvalue weighted by Gasteiger charge is -2.12. The Balaban J connectivity index is 3.25. The molecule has 1 aromatic rings. The molecule has 82 valence electrons. The lowest BCUT2D eigenvalue weighted by molar-refractivity contribution is -0.275. The average molecular weight is 333 g/mol. The molecule has 0 aromatic carbocycles. The summed E-state index contributed by atoms with van der Waals surface area (Å²) in [6.45, 7) is 0. The first-order chi connectivity index (χ1) is 6.85. The van der Waals surface area contributed by atoms with E-state index in [0.717, 1.165) is 6.20 Å². The zero-order valence-corrected chi connectivity index (χ0v) is 9.03. The minimum atomic E-state index is -4.94. The molecule has 0 aliphatic rings. The van der Waals surface area contributed by atoms with Crippen molar-refractivity contribution in [1.29, 1.82) is 0 Å². The second-order valence-corrected chi connectivity index (χ2v) is 3.36. The highest BCUT2D eigenvalue weighted by Gasteiger charge is 2.34.